The number of hydrogen-bond donors (Lipinski definition) is 1. The summed E-state index contributed by atoms with van der Waals surface area (Å²) in [4.78, 5) is 22.3. The molecule has 0 saturated carbocycles. The van der Waals surface area contributed by atoms with Crippen molar-refractivity contribution in [3.63, 3.8) is 0 Å². The highest BCUT2D eigenvalue weighted by atomic mass is 19.1. The van der Waals surface area contributed by atoms with Gasteiger partial charge in [0.2, 0.25) is 0 Å². The molecule has 9 heteroatoms. The van der Waals surface area contributed by atoms with Crippen LogP contribution in [0.1, 0.15) is 21.5 Å². The van der Waals surface area contributed by atoms with Crippen LogP contribution in [0.25, 0.3) is 0 Å². The summed E-state index contributed by atoms with van der Waals surface area (Å²) in [7, 11) is 1.49. The Morgan fingerprint density at radius 2 is 1.90 bits per heavy atom. The number of nitro groups is 1. The van der Waals surface area contributed by atoms with Gasteiger partial charge >= 0.3 is 0 Å². The number of carbonyl (C=O) groups excluding carboxylic acids is 1. The second-order valence-electron chi connectivity index (χ2n) is 6.33. The summed E-state index contributed by atoms with van der Waals surface area (Å²) < 4.78 is 24.0. The molecule has 0 saturated heterocycles. The molecule has 158 valence electrons. The molecule has 0 atom stereocenters. The first-order chi connectivity index (χ1) is 15.0. The second-order valence-corrected chi connectivity index (χ2v) is 6.33. The molecule has 0 aromatic heterocycles. The second kappa shape index (κ2) is 9.97. The number of nitrogens with one attached hydrogen (secondary N) is 1. The van der Waals surface area contributed by atoms with Crippen molar-refractivity contribution in [2.24, 2.45) is 5.10 Å². The van der Waals surface area contributed by atoms with Gasteiger partial charge in [0.1, 0.15) is 12.4 Å². The molecule has 0 radical (unpaired) electrons. The maximum absolute atomic E-state index is 13.0. The van der Waals surface area contributed by atoms with E-state index in [9.17, 15) is 19.3 Å². The van der Waals surface area contributed by atoms with Gasteiger partial charge < -0.3 is 9.47 Å². The van der Waals surface area contributed by atoms with Crippen LogP contribution < -0.4 is 14.9 Å². The highest BCUT2D eigenvalue weighted by Crippen LogP contribution is 2.28. The monoisotopic (exact) mass is 423 g/mol. The SMILES string of the molecule is COc1cc(/C=N\NC(=O)c2cccc([N+](=O)[O-])c2)ccc1OCc1ccc(F)cc1. The van der Waals surface area contributed by atoms with E-state index >= 15 is 0 Å². The Labute approximate surface area is 177 Å². The standard InChI is InChI=1S/C22H18FN3O5/c1-30-21-11-16(7-10-20(21)31-14-15-5-8-18(23)9-6-15)13-24-25-22(27)17-3-2-4-19(12-17)26(28)29/h2-13H,14H2,1H3,(H,25,27)/b24-13-. The van der Waals surface area contributed by atoms with Gasteiger partial charge in [-0.05, 0) is 47.5 Å². The van der Waals surface area contributed by atoms with Gasteiger partial charge in [0.25, 0.3) is 11.6 Å². The highest BCUT2D eigenvalue weighted by molar-refractivity contribution is 5.95. The number of non-ortho nitro benzene ring substituents is 1. The Balaban J connectivity index is 1.63. The van der Waals surface area contributed by atoms with Gasteiger partial charge in [0.05, 0.1) is 18.2 Å². The largest absolute Gasteiger partial charge is 0.493 e. The van der Waals surface area contributed by atoms with Crippen molar-refractivity contribution in [2.45, 2.75) is 6.61 Å². The molecule has 0 unspecified atom stereocenters. The molecule has 8 nitrogen and oxygen atoms in total. The summed E-state index contributed by atoms with van der Waals surface area (Å²) in [5, 5.41) is 14.7. The zero-order chi connectivity index (χ0) is 22.2. The number of methoxy groups -OCH3 is 1. The third-order valence-electron chi connectivity index (χ3n) is 4.19. The molecule has 0 aliphatic heterocycles. The van der Waals surface area contributed by atoms with Crippen molar-refractivity contribution in [3.05, 3.63) is 99.4 Å². The zero-order valence-corrected chi connectivity index (χ0v) is 16.4. The Morgan fingerprint density at radius 3 is 2.61 bits per heavy atom. The third kappa shape index (κ3) is 5.86. The van der Waals surface area contributed by atoms with E-state index in [0.29, 0.717) is 17.1 Å². The minimum Gasteiger partial charge on any atom is -0.493 e. The molecule has 0 bridgehead atoms. The van der Waals surface area contributed by atoms with E-state index in [1.165, 1.54) is 49.7 Å². The molecule has 3 aromatic rings. The minimum atomic E-state index is -0.578. The number of hydrogen-bond acceptors (Lipinski definition) is 6. The summed E-state index contributed by atoms with van der Waals surface area (Å²) in [5.74, 6) is 0.0504. The van der Waals surface area contributed by atoms with Crippen LogP contribution in [0, 0.1) is 15.9 Å². The van der Waals surface area contributed by atoms with Crippen LogP contribution >= 0.6 is 0 Å². The third-order valence-corrected chi connectivity index (χ3v) is 4.19. The lowest BCUT2D eigenvalue weighted by Gasteiger charge is -2.11. The average Bonchev–Trinajstić information content (AvgIpc) is 2.79. The van der Waals surface area contributed by atoms with Crippen LogP contribution in [-0.4, -0.2) is 24.2 Å². The number of carbonyl (C=O) groups is 1. The number of halogens is 1. The van der Waals surface area contributed by atoms with Gasteiger partial charge in [0, 0.05) is 17.7 Å². The molecule has 3 aromatic carbocycles. The van der Waals surface area contributed by atoms with E-state index in [2.05, 4.69) is 10.5 Å². The fourth-order valence-corrected chi connectivity index (χ4v) is 2.62. The molecule has 1 amide bonds. The van der Waals surface area contributed by atoms with E-state index in [0.717, 1.165) is 5.56 Å². The predicted octanol–water partition coefficient (Wildman–Crippen LogP) is 4.09. The van der Waals surface area contributed by atoms with Gasteiger partial charge in [-0.25, -0.2) is 9.82 Å². The van der Waals surface area contributed by atoms with Gasteiger partial charge in [-0.15, -0.1) is 0 Å². The van der Waals surface area contributed by atoms with Crippen LogP contribution in [0.15, 0.2) is 71.8 Å². The zero-order valence-electron chi connectivity index (χ0n) is 16.4. The van der Waals surface area contributed by atoms with Gasteiger partial charge in [-0.2, -0.15) is 5.10 Å². The highest BCUT2D eigenvalue weighted by Gasteiger charge is 2.11. The number of amides is 1. The van der Waals surface area contributed by atoms with Crippen LogP contribution in [0.5, 0.6) is 11.5 Å². The molecule has 0 spiro atoms. The number of rotatable bonds is 8. The van der Waals surface area contributed by atoms with Crippen LogP contribution in [0.4, 0.5) is 10.1 Å². The Bertz CT molecular complexity index is 1120. The normalized spacial score (nSPS) is 10.6. The number of hydrazone groups is 1. The first kappa shape index (κ1) is 21.4. The Kier molecular flexibility index (Phi) is 6.89. The molecule has 31 heavy (non-hydrogen) atoms. The first-order valence-electron chi connectivity index (χ1n) is 9.09. The summed E-state index contributed by atoms with van der Waals surface area (Å²) in [6.45, 7) is 0.239. The Hall–Kier alpha value is -4.27. The van der Waals surface area contributed by atoms with E-state index in [-0.39, 0.29) is 23.7 Å². The molecular weight excluding hydrogens is 405 g/mol. The first-order valence-corrected chi connectivity index (χ1v) is 9.09. The number of ether oxygens (including phenoxy) is 2. The lowest BCUT2D eigenvalue weighted by atomic mass is 10.2. The summed E-state index contributed by atoms with van der Waals surface area (Å²) in [6.07, 6.45) is 1.40. The number of nitro benzene ring substituents is 1. The van der Waals surface area contributed by atoms with Crippen molar-refractivity contribution in [1.82, 2.24) is 5.43 Å². The van der Waals surface area contributed by atoms with Crippen molar-refractivity contribution in [3.8, 4) is 11.5 Å². The van der Waals surface area contributed by atoms with Gasteiger partial charge in [-0.1, -0.05) is 18.2 Å². The number of nitrogens with zero attached hydrogens (tertiary/aromatic N) is 2. The molecule has 3 rings (SSSR count). The summed E-state index contributed by atoms with van der Waals surface area (Å²) in [5.41, 5.74) is 3.69. The maximum atomic E-state index is 13.0. The summed E-state index contributed by atoms with van der Waals surface area (Å²) >= 11 is 0. The van der Waals surface area contributed by atoms with Crippen LogP contribution in [0.2, 0.25) is 0 Å². The van der Waals surface area contributed by atoms with Crippen molar-refractivity contribution >= 4 is 17.8 Å². The molecule has 1 N–H and O–H groups in total. The minimum absolute atomic E-state index is 0.119. The smallest absolute Gasteiger partial charge is 0.271 e. The van der Waals surface area contributed by atoms with Gasteiger partial charge in [-0.3, -0.25) is 14.9 Å². The Morgan fingerprint density at radius 1 is 1.13 bits per heavy atom. The van der Waals surface area contributed by atoms with Crippen LogP contribution in [-0.2, 0) is 6.61 Å². The lowest BCUT2D eigenvalue weighted by Crippen LogP contribution is -2.17. The van der Waals surface area contributed by atoms with Crippen molar-refractivity contribution < 1.29 is 23.6 Å². The fourth-order valence-electron chi connectivity index (χ4n) is 2.62. The maximum Gasteiger partial charge on any atom is 0.271 e. The molecular formula is C22H18FN3O5. The lowest BCUT2D eigenvalue weighted by molar-refractivity contribution is -0.384. The van der Waals surface area contributed by atoms with E-state index in [1.807, 2.05) is 0 Å². The topological polar surface area (TPSA) is 103 Å². The predicted molar refractivity (Wildman–Crippen MR) is 112 cm³/mol. The molecule has 0 aliphatic rings. The average molecular weight is 423 g/mol. The molecule has 0 fully saturated rings. The van der Waals surface area contributed by atoms with E-state index < -0.39 is 10.8 Å². The number of benzene rings is 3. The van der Waals surface area contributed by atoms with Crippen molar-refractivity contribution in [2.75, 3.05) is 7.11 Å². The molecule has 0 aliphatic carbocycles. The quantitative estimate of drug-likeness (QED) is 0.334. The van der Waals surface area contributed by atoms with Crippen molar-refractivity contribution in [1.29, 1.82) is 0 Å². The molecule has 0 heterocycles. The fraction of sp³-hybridized carbons (Fsp3) is 0.0909. The van der Waals surface area contributed by atoms with Crippen LogP contribution in [0.3, 0.4) is 0 Å². The van der Waals surface area contributed by atoms with Gasteiger partial charge in [0.15, 0.2) is 11.5 Å². The van der Waals surface area contributed by atoms with E-state index in [1.54, 1.807) is 30.3 Å². The summed E-state index contributed by atoms with van der Waals surface area (Å²) in [6, 6.07) is 16.4. The van der Waals surface area contributed by atoms with E-state index in [4.69, 9.17) is 9.47 Å².